The minimum absolute atomic E-state index is 0.293. The van der Waals surface area contributed by atoms with E-state index in [0.29, 0.717) is 11.0 Å². The molecule has 3 rings (SSSR count). The van der Waals surface area contributed by atoms with E-state index >= 15 is 0 Å². The molecule has 2 nitrogen and oxygen atoms in total. The molecular weight excluding hydrogens is 256 g/mol. The van der Waals surface area contributed by atoms with Gasteiger partial charge in [0.1, 0.15) is 0 Å². The zero-order valence-electron chi connectivity index (χ0n) is 14.6. The lowest BCUT2D eigenvalue weighted by Crippen LogP contribution is -2.61. The average Bonchev–Trinajstić information content (AvgIpc) is 2.85. The first-order valence-corrected chi connectivity index (χ1v) is 9.34. The van der Waals surface area contributed by atoms with Crippen molar-refractivity contribution < 1.29 is 0 Å². The van der Waals surface area contributed by atoms with Crippen LogP contribution >= 0.6 is 0 Å². The fourth-order valence-corrected chi connectivity index (χ4v) is 6.31. The first-order chi connectivity index (χ1) is 9.89. The van der Waals surface area contributed by atoms with Gasteiger partial charge in [0.05, 0.1) is 0 Å². The summed E-state index contributed by atoms with van der Waals surface area (Å²) in [5, 5.41) is 0. The normalized spacial score (nSPS) is 39.7. The molecule has 3 aliphatic rings. The molecule has 2 heteroatoms. The van der Waals surface area contributed by atoms with Crippen molar-refractivity contribution in [3.63, 3.8) is 0 Å². The van der Waals surface area contributed by atoms with E-state index < -0.39 is 0 Å². The quantitative estimate of drug-likeness (QED) is 0.827. The molecule has 2 N–H and O–H groups in total. The number of likely N-dealkylation sites (tertiary alicyclic amines) is 1. The van der Waals surface area contributed by atoms with Crippen molar-refractivity contribution in [2.75, 3.05) is 19.6 Å². The molecule has 2 atom stereocenters. The van der Waals surface area contributed by atoms with E-state index in [1.54, 1.807) is 0 Å². The van der Waals surface area contributed by atoms with Crippen LogP contribution in [0, 0.1) is 16.7 Å². The van der Waals surface area contributed by atoms with Gasteiger partial charge in [-0.15, -0.1) is 0 Å². The van der Waals surface area contributed by atoms with Crippen molar-refractivity contribution in [1.29, 1.82) is 0 Å². The van der Waals surface area contributed by atoms with Gasteiger partial charge in [-0.05, 0) is 74.8 Å². The van der Waals surface area contributed by atoms with Crippen molar-refractivity contribution >= 4 is 0 Å². The number of piperidine rings is 1. The highest BCUT2D eigenvalue weighted by Gasteiger charge is 2.48. The van der Waals surface area contributed by atoms with E-state index in [2.05, 4.69) is 25.7 Å². The van der Waals surface area contributed by atoms with Gasteiger partial charge in [0.2, 0.25) is 0 Å². The average molecular weight is 293 g/mol. The Balaban J connectivity index is 1.72. The monoisotopic (exact) mass is 292 g/mol. The second-order valence-electron chi connectivity index (χ2n) is 9.48. The summed E-state index contributed by atoms with van der Waals surface area (Å²) in [6.07, 6.45) is 12.8. The van der Waals surface area contributed by atoms with Gasteiger partial charge >= 0.3 is 0 Å². The third-order valence-electron chi connectivity index (χ3n) is 6.98. The Bertz CT molecular complexity index is 360. The van der Waals surface area contributed by atoms with E-state index in [1.807, 2.05) is 0 Å². The molecular formula is C19H36N2. The Kier molecular flexibility index (Phi) is 4.16. The number of nitrogens with zero attached hydrogens (tertiary/aromatic N) is 1. The predicted octanol–water partition coefficient (Wildman–Crippen LogP) is 4.19. The Morgan fingerprint density at radius 1 is 1.00 bits per heavy atom. The van der Waals surface area contributed by atoms with Crippen LogP contribution < -0.4 is 5.73 Å². The molecule has 3 fully saturated rings. The fourth-order valence-electron chi connectivity index (χ4n) is 6.31. The van der Waals surface area contributed by atoms with Crippen LogP contribution in [0.5, 0.6) is 0 Å². The second-order valence-corrected chi connectivity index (χ2v) is 9.48. The molecule has 1 spiro atoms. The van der Waals surface area contributed by atoms with Crippen molar-refractivity contribution in [3.05, 3.63) is 0 Å². The van der Waals surface area contributed by atoms with Gasteiger partial charge in [0.25, 0.3) is 0 Å². The van der Waals surface area contributed by atoms with Crippen LogP contribution in [-0.2, 0) is 0 Å². The maximum absolute atomic E-state index is 6.36. The SMILES string of the molecule is CC1CC(C)(C)CC(CN)(N2CCC3(CCCC3)CC2)C1. The topological polar surface area (TPSA) is 29.3 Å². The Morgan fingerprint density at radius 3 is 2.14 bits per heavy atom. The standard InChI is InChI=1S/C19H36N2/c1-16-12-17(2,3)14-19(13-16,15-20)21-10-8-18(9-11-21)6-4-5-7-18/h16H,4-15,20H2,1-3H3. The van der Waals surface area contributed by atoms with Gasteiger partial charge in [-0.25, -0.2) is 0 Å². The summed E-state index contributed by atoms with van der Waals surface area (Å²) < 4.78 is 0. The van der Waals surface area contributed by atoms with Gasteiger partial charge in [0.15, 0.2) is 0 Å². The molecule has 0 amide bonds. The van der Waals surface area contributed by atoms with E-state index in [1.165, 1.54) is 70.9 Å². The summed E-state index contributed by atoms with van der Waals surface area (Å²) in [7, 11) is 0. The molecule has 0 aromatic rings. The molecule has 2 saturated carbocycles. The molecule has 1 heterocycles. The fraction of sp³-hybridized carbons (Fsp3) is 1.00. The van der Waals surface area contributed by atoms with Crippen LogP contribution in [0.3, 0.4) is 0 Å². The molecule has 1 saturated heterocycles. The highest BCUT2D eigenvalue weighted by Crippen LogP contribution is 2.51. The summed E-state index contributed by atoms with van der Waals surface area (Å²) in [6, 6.07) is 0. The summed E-state index contributed by atoms with van der Waals surface area (Å²) in [4.78, 5) is 2.81. The predicted molar refractivity (Wildman–Crippen MR) is 90.3 cm³/mol. The Labute approximate surface area is 131 Å². The maximum Gasteiger partial charge on any atom is 0.0339 e. The summed E-state index contributed by atoms with van der Waals surface area (Å²) >= 11 is 0. The third kappa shape index (κ3) is 3.03. The second kappa shape index (κ2) is 5.53. The summed E-state index contributed by atoms with van der Waals surface area (Å²) in [6.45, 7) is 10.8. The molecule has 0 radical (unpaired) electrons. The van der Waals surface area contributed by atoms with Gasteiger partial charge < -0.3 is 5.73 Å². The lowest BCUT2D eigenvalue weighted by Gasteiger charge is -2.55. The number of nitrogens with two attached hydrogens (primary N) is 1. The number of hydrogen-bond acceptors (Lipinski definition) is 2. The lowest BCUT2D eigenvalue weighted by molar-refractivity contribution is -0.0426. The van der Waals surface area contributed by atoms with Crippen LogP contribution in [0.25, 0.3) is 0 Å². The molecule has 2 unspecified atom stereocenters. The van der Waals surface area contributed by atoms with Crippen molar-refractivity contribution in [3.8, 4) is 0 Å². The smallest absolute Gasteiger partial charge is 0.0339 e. The van der Waals surface area contributed by atoms with Crippen LogP contribution in [0.2, 0.25) is 0 Å². The van der Waals surface area contributed by atoms with E-state index in [-0.39, 0.29) is 0 Å². The first-order valence-electron chi connectivity index (χ1n) is 9.34. The zero-order chi connectivity index (χ0) is 15.1. The molecule has 122 valence electrons. The number of rotatable bonds is 2. The summed E-state index contributed by atoms with van der Waals surface area (Å²) in [5.74, 6) is 0.819. The van der Waals surface area contributed by atoms with Crippen LogP contribution in [0.1, 0.15) is 78.6 Å². The molecule has 21 heavy (non-hydrogen) atoms. The van der Waals surface area contributed by atoms with Crippen molar-refractivity contribution in [1.82, 2.24) is 4.90 Å². The first kappa shape index (κ1) is 15.8. The van der Waals surface area contributed by atoms with Crippen LogP contribution in [0.15, 0.2) is 0 Å². The Hall–Kier alpha value is -0.0800. The maximum atomic E-state index is 6.36. The molecule has 1 aliphatic heterocycles. The molecule has 0 aromatic carbocycles. The van der Waals surface area contributed by atoms with E-state index in [0.717, 1.165) is 17.9 Å². The van der Waals surface area contributed by atoms with E-state index in [9.17, 15) is 0 Å². The minimum atomic E-state index is 0.293. The molecule has 0 bridgehead atoms. The van der Waals surface area contributed by atoms with Crippen molar-refractivity contribution in [2.45, 2.75) is 84.1 Å². The van der Waals surface area contributed by atoms with Gasteiger partial charge in [-0.1, -0.05) is 33.6 Å². The minimum Gasteiger partial charge on any atom is -0.329 e. The van der Waals surface area contributed by atoms with Gasteiger partial charge in [0, 0.05) is 12.1 Å². The number of hydrogen-bond donors (Lipinski definition) is 1. The molecule has 2 aliphatic carbocycles. The summed E-state index contributed by atoms with van der Waals surface area (Å²) in [5.41, 5.74) is 7.83. The highest BCUT2D eigenvalue weighted by molar-refractivity contribution is 5.03. The van der Waals surface area contributed by atoms with E-state index in [4.69, 9.17) is 5.73 Å². The molecule has 0 aromatic heterocycles. The highest BCUT2D eigenvalue weighted by atomic mass is 15.2. The Morgan fingerprint density at radius 2 is 1.62 bits per heavy atom. The van der Waals surface area contributed by atoms with Crippen molar-refractivity contribution in [2.24, 2.45) is 22.5 Å². The lowest BCUT2D eigenvalue weighted by atomic mass is 9.63. The largest absolute Gasteiger partial charge is 0.329 e. The van der Waals surface area contributed by atoms with Crippen LogP contribution in [-0.4, -0.2) is 30.1 Å². The zero-order valence-corrected chi connectivity index (χ0v) is 14.6. The van der Waals surface area contributed by atoms with Gasteiger partial charge in [-0.3, -0.25) is 4.90 Å². The third-order valence-corrected chi connectivity index (χ3v) is 6.98. The van der Waals surface area contributed by atoms with Crippen LogP contribution in [0.4, 0.5) is 0 Å². The van der Waals surface area contributed by atoms with Gasteiger partial charge in [-0.2, -0.15) is 0 Å².